The van der Waals surface area contributed by atoms with Crippen molar-refractivity contribution in [3.8, 4) is 11.1 Å². The smallest absolute Gasteiger partial charge is 0.191 e. The average molecular weight is 388 g/mol. The van der Waals surface area contributed by atoms with Crippen LogP contribution >= 0.6 is 0 Å². The molecule has 2 nitrogen and oxygen atoms in total. The molecule has 0 saturated carbocycles. The Hall–Kier alpha value is -3.36. The van der Waals surface area contributed by atoms with Gasteiger partial charge in [0.15, 0.2) is 5.66 Å². The molecule has 0 aliphatic carbocycles. The SMILES string of the molecule is CC1(n2c3ccccc3c3ccccc32)CC[N+]12c1ccccc1-c1ccccc12. The number of para-hydroxylation sites is 4. The van der Waals surface area contributed by atoms with Crippen molar-refractivity contribution in [2.45, 2.75) is 19.0 Å². The number of benzene rings is 4. The molecule has 4 aromatic carbocycles. The molecule has 0 N–H and O–H groups in total. The summed E-state index contributed by atoms with van der Waals surface area (Å²) in [6.45, 7) is 3.60. The van der Waals surface area contributed by atoms with Gasteiger partial charge in [-0.2, -0.15) is 0 Å². The van der Waals surface area contributed by atoms with Gasteiger partial charge in [-0.1, -0.05) is 60.7 Å². The summed E-state index contributed by atoms with van der Waals surface area (Å²) in [5.74, 6) is 0. The van der Waals surface area contributed by atoms with Crippen molar-refractivity contribution < 1.29 is 0 Å². The van der Waals surface area contributed by atoms with Gasteiger partial charge in [0.1, 0.15) is 11.4 Å². The van der Waals surface area contributed by atoms with Crippen LogP contribution in [0.5, 0.6) is 0 Å². The van der Waals surface area contributed by atoms with Crippen LogP contribution in [0.25, 0.3) is 32.9 Å². The topological polar surface area (TPSA) is 4.93 Å². The Morgan fingerprint density at radius 2 is 1.10 bits per heavy atom. The Morgan fingerprint density at radius 1 is 0.633 bits per heavy atom. The zero-order chi connectivity index (χ0) is 19.9. The van der Waals surface area contributed by atoms with Gasteiger partial charge in [-0.25, -0.2) is 4.48 Å². The summed E-state index contributed by atoms with van der Waals surface area (Å²) in [6.07, 6.45) is 1.15. The van der Waals surface area contributed by atoms with Crippen molar-refractivity contribution >= 4 is 33.2 Å². The molecule has 2 heteroatoms. The van der Waals surface area contributed by atoms with Crippen molar-refractivity contribution in [3.05, 3.63) is 97.1 Å². The molecule has 0 radical (unpaired) electrons. The molecule has 1 fully saturated rings. The third kappa shape index (κ3) is 1.68. The van der Waals surface area contributed by atoms with Gasteiger partial charge in [-0.05, 0) is 24.3 Å². The van der Waals surface area contributed by atoms with Crippen LogP contribution in [0.3, 0.4) is 0 Å². The van der Waals surface area contributed by atoms with E-state index in [0.29, 0.717) is 0 Å². The summed E-state index contributed by atoms with van der Waals surface area (Å²) in [6, 6.07) is 35.9. The highest BCUT2D eigenvalue weighted by Gasteiger charge is 2.65. The Balaban J connectivity index is 1.62. The van der Waals surface area contributed by atoms with Gasteiger partial charge in [-0.3, -0.25) is 4.57 Å². The van der Waals surface area contributed by atoms with Crippen LogP contribution < -0.4 is 4.48 Å². The maximum atomic E-state index is 2.64. The number of nitrogens with zero attached hydrogens (tertiary/aromatic N) is 2. The zero-order valence-electron chi connectivity index (χ0n) is 17.0. The van der Waals surface area contributed by atoms with E-state index in [1.807, 2.05) is 0 Å². The minimum atomic E-state index is -0.0780. The summed E-state index contributed by atoms with van der Waals surface area (Å²) in [5.41, 5.74) is 8.24. The molecule has 144 valence electrons. The molecule has 1 atom stereocenters. The highest BCUT2D eigenvalue weighted by atomic mass is 15.6. The second kappa shape index (κ2) is 5.41. The summed E-state index contributed by atoms with van der Waals surface area (Å²) in [5, 5.41) is 2.69. The number of quaternary nitrogens is 1. The van der Waals surface area contributed by atoms with Gasteiger partial charge in [0.25, 0.3) is 0 Å². The normalized spacial score (nSPS) is 21.0. The van der Waals surface area contributed by atoms with Crippen molar-refractivity contribution in [2.24, 2.45) is 0 Å². The first kappa shape index (κ1) is 16.4. The fourth-order valence-electron chi connectivity index (χ4n) is 6.34. The molecule has 1 spiro atoms. The third-order valence-electron chi connectivity index (χ3n) is 7.73. The lowest BCUT2D eigenvalue weighted by Gasteiger charge is -2.58. The number of rotatable bonds is 1. The predicted octanol–water partition coefficient (Wildman–Crippen LogP) is 7.19. The highest BCUT2D eigenvalue weighted by Crippen LogP contribution is 2.64. The van der Waals surface area contributed by atoms with E-state index in [0.717, 1.165) is 17.4 Å². The van der Waals surface area contributed by atoms with Crippen molar-refractivity contribution in [3.63, 3.8) is 0 Å². The summed E-state index contributed by atoms with van der Waals surface area (Å²) < 4.78 is 3.54. The summed E-state index contributed by atoms with van der Waals surface area (Å²) in [7, 11) is 0. The second-order valence-corrected chi connectivity index (χ2v) is 8.90. The van der Waals surface area contributed by atoms with Gasteiger partial charge in [0, 0.05) is 41.0 Å². The average Bonchev–Trinajstić information content (AvgIpc) is 3.30. The standard InChI is InChI=1S/C28H23N2/c1-28(29-24-14-6-2-10-20(24)21-11-3-7-15-25(21)29)18-19-30(28)26-16-8-4-12-22(26)23-13-5-9-17-27(23)30/h2-17H,18-19H2,1H3/q+1. The maximum absolute atomic E-state index is 2.64. The number of fused-ring (bicyclic) bond motifs is 8. The molecule has 3 heterocycles. The van der Waals surface area contributed by atoms with E-state index < -0.39 is 0 Å². The predicted molar refractivity (Wildman–Crippen MR) is 126 cm³/mol. The van der Waals surface area contributed by atoms with Crippen molar-refractivity contribution in [1.29, 1.82) is 0 Å². The number of hydrogen-bond donors (Lipinski definition) is 0. The first-order chi connectivity index (χ1) is 14.8. The molecule has 1 saturated heterocycles. The lowest BCUT2D eigenvalue weighted by Crippen LogP contribution is -2.71. The fourth-order valence-corrected chi connectivity index (χ4v) is 6.34. The van der Waals surface area contributed by atoms with Gasteiger partial charge in [0.05, 0.1) is 24.0 Å². The van der Waals surface area contributed by atoms with E-state index in [1.165, 1.54) is 44.3 Å². The molecule has 0 amide bonds. The van der Waals surface area contributed by atoms with Crippen LogP contribution in [0.1, 0.15) is 13.3 Å². The maximum Gasteiger partial charge on any atom is 0.191 e. The Kier molecular flexibility index (Phi) is 2.96. The molecule has 0 bridgehead atoms. The lowest BCUT2D eigenvalue weighted by molar-refractivity contribution is 0.00295. The van der Waals surface area contributed by atoms with E-state index in [-0.39, 0.29) is 5.66 Å². The van der Waals surface area contributed by atoms with E-state index >= 15 is 0 Å². The Bertz CT molecular complexity index is 1380. The molecular formula is C28H23N2+. The number of aromatic nitrogens is 1. The van der Waals surface area contributed by atoms with E-state index in [1.54, 1.807) is 0 Å². The minimum Gasteiger partial charge on any atom is -0.287 e. The van der Waals surface area contributed by atoms with Crippen LogP contribution in [0.2, 0.25) is 0 Å². The quantitative estimate of drug-likeness (QED) is 0.268. The summed E-state index contributed by atoms with van der Waals surface area (Å²) in [4.78, 5) is 0. The highest BCUT2D eigenvalue weighted by molar-refractivity contribution is 6.08. The first-order valence-electron chi connectivity index (χ1n) is 10.8. The van der Waals surface area contributed by atoms with E-state index in [2.05, 4.69) is 109 Å². The molecule has 1 aromatic heterocycles. The van der Waals surface area contributed by atoms with Gasteiger partial charge in [0.2, 0.25) is 0 Å². The van der Waals surface area contributed by atoms with Crippen LogP contribution in [-0.4, -0.2) is 11.1 Å². The van der Waals surface area contributed by atoms with Crippen LogP contribution in [0, 0.1) is 0 Å². The van der Waals surface area contributed by atoms with Gasteiger partial charge >= 0.3 is 0 Å². The lowest BCUT2D eigenvalue weighted by atomic mass is 9.88. The zero-order valence-corrected chi connectivity index (χ0v) is 17.0. The van der Waals surface area contributed by atoms with Crippen LogP contribution in [-0.2, 0) is 5.66 Å². The molecular weight excluding hydrogens is 364 g/mol. The fraction of sp³-hybridized carbons (Fsp3) is 0.143. The third-order valence-corrected chi connectivity index (χ3v) is 7.73. The van der Waals surface area contributed by atoms with Crippen LogP contribution in [0.4, 0.5) is 11.4 Å². The van der Waals surface area contributed by atoms with Crippen LogP contribution in [0.15, 0.2) is 97.1 Å². The van der Waals surface area contributed by atoms with Crippen molar-refractivity contribution in [1.82, 2.24) is 9.05 Å². The Morgan fingerprint density at radius 3 is 1.60 bits per heavy atom. The Labute approximate surface area is 176 Å². The molecule has 5 aromatic rings. The van der Waals surface area contributed by atoms with Crippen molar-refractivity contribution in [2.75, 3.05) is 6.54 Å². The molecule has 2 aliphatic rings. The molecule has 7 rings (SSSR count). The second-order valence-electron chi connectivity index (χ2n) is 8.90. The van der Waals surface area contributed by atoms with Gasteiger partial charge < -0.3 is 0 Å². The molecule has 30 heavy (non-hydrogen) atoms. The largest absolute Gasteiger partial charge is 0.287 e. The van der Waals surface area contributed by atoms with Gasteiger partial charge in [-0.15, -0.1) is 0 Å². The molecule has 1 unspecified atom stereocenters. The first-order valence-corrected chi connectivity index (χ1v) is 10.8. The molecule has 2 aliphatic heterocycles. The van der Waals surface area contributed by atoms with E-state index in [9.17, 15) is 0 Å². The number of hydrogen-bond acceptors (Lipinski definition) is 0. The summed E-state index contributed by atoms with van der Waals surface area (Å²) >= 11 is 0. The monoisotopic (exact) mass is 387 g/mol. The minimum absolute atomic E-state index is 0.0780. The van der Waals surface area contributed by atoms with E-state index in [4.69, 9.17) is 0 Å².